The Bertz CT molecular complexity index is 1330. The quantitative estimate of drug-likeness (QED) is 0.339. The zero-order chi connectivity index (χ0) is 27.7. The first-order valence-electron chi connectivity index (χ1n) is 12.7. The van der Waals surface area contributed by atoms with Crippen LogP contribution >= 0.6 is 11.6 Å². The number of halogens is 1. The van der Waals surface area contributed by atoms with Crippen LogP contribution in [0, 0.1) is 0 Å². The van der Waals surface area contributed by atoms with Gasteiger partial charge in [0.25, 0.3) is 10.0 Å². The number of aryl methyl sites for hydroxylation is 1. The van der Waals surface area contributed by atoms with Crippen molar-refractivity contribution in [2.75, 3.05) is 17.4 Å². The lowest BCUT2D eigenvalue weighted by Crippen LogP contribution is -2.51. The van der Waals surface area contributed by atoms with E-state index < -0.39 is 28.5 Å². The molecule has 0 radical (unpaired) electrons. The van der Waals surface area contributed by atoms with Gasteiger partial charge in [-0.3, -0.25) is 13.9 Å². The molecule has 1 atom stereocenters. The first-order valence-corrected chi connectivity index (χ1v) is 14.5. The molecule has 1 unspecified atom stereocenters. The maximum absolute atomic E-state index is 13.9. The smallest absolute Gasteiger partial charge is 0.264 e. The second kappa shape index (κ2) is 13.4. The molecule has 1 N–H and O–H groups in total. The summed E-state index contributed by atoms with van der Waals surface area (Å²) in [5, 5.41) is 3.28. The number of carbonyl (C=O) groups excluding carboxylic acids is 2. The van der Waals surface area contributed by atoms with Crippen molar-refractivity contribution in [2.24, 2.45) is 0 Å². The second-order valence-corrected chi connectivity index (χ2v) is 11.2. The molecular formula is C29H34ClN3O4S. The summed E-state index contributed by atoms with van der Waals surface area (Å²) in [5.74, 6) is -0.847. The average molecular weight is 556 g/mol. The highest BCUT2D eigenvalue weighted by atomic mass is 35.5. The number of nitrogens with one attached hydrogen (secondary N) is 1. The van der Waals surface area contributed by atoms with Crippen LogP contribution in [-0.4, -0.2) is 44.3 Å². The minimum absolute atomic E-state index is 0.0488. The van der Waals surface area contributed by atoms with Crippen molar-refractivity contribution in [1.82, 2.24) is 10.2 Å². The van der Waals surface area contributed by atoms with E-state index in [0.717, 1.165) is 22.7 Å². The lowest BCUT2D eigenvalue weighted by Gasteiger charge is -2.32. The summed E-state index contributed by atoms with van der Waals surface area (Å²) in [6.45, 7) is 5.61. The van der Waals surface area contributed by atoms with Gasteiger partial charge in [-0.2, -0.15) is 0 Å². The van der Waals surface area contributed by atoms with Crippen LogP contribution in [0.2, 0.25) is 5.02 Å². The van der Waals surface area contributed by atoms with Crippen molar-refractivity contribution >= 4 is 39.1 Å². The lowest BCUT2D eigenvalue weighted by atomic mass is 10.1. The Morgan fingerprint density at radius 1 is 0.921 bits per heavy atom. The van der Waals surface area contributed by atoms with Gasteiger partial charge in [0.2, 0.25) is 11.8 Å². The number of hydrogen-bond acceptors (Lipinski definition) is 4. The Balaban J connectivity index is 2.02. The van der Waals surface area contributed by atoms with Gasteiger partial charge in [0, 0.05) is 18.1 Å². The average Bonchev–Trinajstić information content (AvgIpc) is 2.94. The van der Waals surface area contributed by atoms with Crippen LogP contribution in [0.15, 0.2) is 83.8 Å². The molecule has 202 valence electrons. The number of benzene rings is 3. The summed E-state index contributed by atoms with van der Waals surface area (Å²) in [7, 11) is -4.08. The van der Waals surface area contributed by atoms with Crippen molar-refractivity contribution in [1.29, 1.82) is 0 Å². The molecule has 3 rings (SSSR count). The third-order valence-electron chi connectivity index (χ3n) is 6.26. The molecule has 3 aromatic rings. The third-order valence-corrected chi connectivity index (χ3v) is 8.41. The van der Waals surface area contributed by atoms with E-state index in [9.17, 15) is 18.0 Å². The second-order valence-electron chi connectivity index (χ2n) is 8.92. The number of sulfonamides is 1. The Morgan fingerprint density at radius 3 is 2.16 bits per heavy atom. The van der Waals surface area contributed by atoms with E-state index in [1.807, 2.05) is 26.0 Å². The fraction of sp³-hybridized carbons (Fsp3) is 0.310. The molecule has 0 aliphatic rings. The molecule has 2 amide bonds. The predicted molar refractivity (Wildman–Crippen MR) is 152 cm³/mol. The zero-order valence-electron chi connectivity index (χ0n) is 21.9. The SMILES string of the molecule is CCCNC(=O)C(C)N(Cc1ccccc1Cl)C(=O)CN(c1ccc(CC)cc1)S(=O)(=O)c1ccccc1. The Morgan fingerprint density at radius 2 is 1.55 bits per heavy atom. The summed E-state index contributed by atoms with van der Waals surface area (Å²) >= 11 is 6.38. The van der Waals surface area contributed by atoms with E-state index in [4.69, 9.17) is 11.6 Å². The fourth-order valence-corrected chi connectivity index (χ4v) is 5.57. The molecule has 7 nitrogen and oxygen atoms in total. The van der Waals surface area contributed by atoms with Crippen LogP contribution in [0.4, 0.5) is 5.69 Å². The molecule has 0 heterocycles. The van der Waals surface area contributed by atoms with Crippen molar-refractivity contribution < 1.29 is 18.0 Å². The van der Waals surface area contributed by atoms with Crippen LogP contribution in [0.1, 0.15) is 38.3 Å². The summed E-state index contributed by atoms with van der Waals surface area (Å²) in [6, 6.07) is 21.3. The van der Waals surface area contributed by atoms with Gasteiger partial charge in [0.1, 0.15) is 12.6 Å². The van der Waals surface area contributed by atoms with E-state index in [2.05, 4.69) is 5.32 Å². The van der Waals surface area contributed by atoms with Crippen molar-refractivity contribution in [3.05, 3.63) is 95.0 Å². The first kappa shape index (κ1) is 29.2. The number of nitrogens with zero attached hydrogens (tertiary/aromatic N) is 2. The van der Waals surface area contributed by atoms with Crippen LogP contribution in [0.5, 0.6) is 0 Å². The molecule has 0 saturated heterocycles. The summed E-state index contributed by atoms with van der Waals surface area (Å²) < 4.78 is 28.6. The molecule has 3 aromatic carbocycles. The van der Waals surface area contributed by atoms with E-state index in [0.29, 0.717) is 22.8 Å². The molecule has 0 aromatic heterocycles. The standard InChI is InChI=1S/C29H34ClN3O4S/c1-4-19-31-29(35)22(3)32(20-24-11-9-10-14-27(24)30)28(34)21-33(25-17-15-23(5-2)16-18-25)38(36,37)26-12-7-6-8-13-26/h6-18,22H,4-5,19-21H2,1-3H3,(H,31,35). The zero-order valence-corrected chi connectivity index (χ0v) is 23.5. The third kappa shape index (κ3) is 7.14. The highest BCUT2D eigenvalue weighted by Crippen LogP contribution is 2.26. The molecule has 0 aliphatic carbocycles. The van der Waals surface area contributed by atoms with Gasteiger partial charge in [-0.15, -0.1) is 0 Å². The number of amides is 2. The van der Waals surface area contributed by atoms with Gasteiger partial charge in [-0.25, -0.2) is 8.42 Å². The van der Waals surface area contributed by atoms with E-state index in [1.54, 1.807) is 61.5 Å². The van der Waals surface area contributed by atoms with Crippen LogP contribution in [0.3, 0.4) is 0 Å². The molecule has 0 bridgehead atoms. The number of rotatable bonds is 12. The number of hydrogen-bond donors (Lipinski definition) is 1. The predicted octanol–water partition coefficient (Wildman–Crippen LogP) is 5.04. The van der Waals surface area contributed by atoms with Gasteiger partial charge >= 0.3 is 0 Å². The fourth-order valence-electron chi connectivity index (χ4n) is 3.94. The van der Waals surface area contributed by atoms with Crippen molar-refractivity contribution in [2.45, 2.75) is 51.1 Å². The highest BCUT2D eigenvalue weighted by Gasteiger charge is 2.32. The van der Waals surface area contributed by atoms with Crippen LogP contribution in [0.25, 0.3) is 0 Å². The summed E-state index contributed by atoms with van der Waals surface area (Å²) in [5.41, 5.74) is 2.06. The van der Waals surface area contributed by atoms with Gasteiger partial charge in [0.05, 0.1) is 10.6 Å². The first-order chi connectivity index (χ1) is 18.2. The maximum Gasteiger partial charge on any atom is 0.264 e. The largest absolute Gasteiger partial charge is 0.354 e. The molecule has 0 spiro atoms. The Hall–Kier alpha value is -3.36. The van der Waals surface area contributed by atoms with Crippen molar-refractivity contribution in [3.8, 4) is 0 Å². The Labute approximate surface area is 230 Å². The van der Waals surface area contributed by atoms with E-state index in [-0.39, 0.29) is 17.3 Å². The summed E-state index contributed by atoms with van der Waals surface area (Å²) in [6.07, 6.45) is 1.54. The van der Waals surface area contributed by atoms with Gasteiger partial charge < -0.3 is 10.2 Å². The van der Waals surface area contributed by atoms with Gasteiger partial charge in [-0.05, 0) is 61.2 Å². The van der Waals surface area contributed by atoms with E-state index in [1.165, 1.54) is 17.0 Å². The Kier molecular flexibility index (Phi) is 10.3. The highest BCUT2D eigenvalue weighted by molar-refractivity contribution is 7.92. The molecule has 0 fully saturated rings. The molecule has 38 heavy (non-hydrogen) atoms. The molecule has 0 saturated carbocycles. The normalized spacial score (nSPS) is 12.0. The maximum atomic E-state index is 13.9. The lowest BCUT2D eigenvalue weighted by molar-refractivity contribution is -0.139. The molecule has 9 heteroatoms. The summed E-state index contributed by atoms with van der Waals surface area (Å²) in [4.78, 5) is 28.2. The minimum atomic E-state index is -4.08. The minimum Gasteiger partial charge on any atom is -0.354 e. The van der Waals surface area contributed by atoms with Gasteiger partial charge in [-0.1, -0.05) is 74.0 Å². The number of anilines is 1. The monoisotopic (exact) mass is 555 g/mol. The van der Waals surface area contributed by atoms with Gasteiger partial charge in [0.15, 0.2) is 0 Å². The number of carbonyl (C=O) groups is 2. The topological polar surface area (TPSA) is 86.8 Å². The molecular weight excluding hydrogens is 522 g/mol. The van der Waals surface area contributed by atoms with Crippen LogP contribution in [-0.2, 0) is 32.6 Å². The van der Waals surface area contributed by atoms with Crippen LogP contribution < -0.4 is 9.62 Å². The van der Waals surface area contributed by atoms with E-state index >= 15 is 0 Å². The van der Waals surface area contributed by atoms with Crippen molar-refractivity contribution in [3.63, 3.8) is 0 Å². The molecule has 0 aliphatic heterocycles.